The van der Waals surface area contributed by atoms with Crippen LogP contribution in [0.4, 0.5) is 0 Å². The van der Waals surface area contributed by atoms with Gasteiger partial charge in [0, 0.05) is 29.9 Å². The SMILES string of the molecule is Cc1nc(C2CCN(C(=O)c3cc4ccccc4[nH]3)CC2)n[nH]1. The number of carbonyl (C=O) groups excluding carboxylic acids is 1. The van der Waals surface area contributed by atoms with Crippen molar-refractivity contribution in [3.63, 3.8) is 0 Å². The van der Waals surface area contributed by atoms with Gasteiger partial charge in [-0.2, -0.15) is 5.10 Å². The summed E-state index contributed by atoms with van der Waals surface area (Å²) >= 11 is 0. The molecule has 0 radical (unpaired) electrons. The van der Waals surface area contributed by atoms with E-state index in [2.05, 4.69) is 20.2 Å². The fourth-order valence-corrected chi connectivity index (χ4v) is 3.24. The second-order valence-electron chi connectivity index (χ2n) is 6.12. The van der Waals surface area contributed by atoms with Gasteiger partial charge in [0.1, 0.15) is 11.5 Å². The van der Waals surface area contributed by atoms with Crippen LogP contribution in [0.1, 0.15) is 40.9 Å². The van der Waals surface area contributed by atoms with Gasteiger partial charge in [0.2, 0.25) is 0 Å². The first-order valence-corrected chi connectivity index (χ1v) is 7.96. The highest BCUT2D eigenvalue weighted by molar-refractivity contribution is 5.98. The lowest BCUT2D eigenvalue weighted by molar-refractivity contribution is 0.0706. The topological polar surface area (TPSA) is 77.7 Å². The van der Waals surface area contributed by atoms with E-state index < -0.39 is 0 Å². The molecule has 0 spiro atoms. The second-order valence-corrected chi connectivity index (χ2v) is 6.12. The number of hydrogen-bond acceptors (Lipinski definition) is 3. The molecule has 3 aromatic rings. The number of para-hydroxylation sites is 1. The Balaban J connectivity index is 1.46. The number of nitrogens with zero attached hydrogens (tertiary/aromatic N) is 3. The maximum absolute atomic E-state index is 12.7. The van der Waals surface area contributed by atoms with Gasteiger partial charge in [-0.3, -0.25) is 9.89 Å². The molecule has 118 valence electrons. The standard InChI is InChI=1S/C17H19N5O/c1-11-18-16(21-20-11)12-6-8-22(9-7-12)17(23)15-10-13-4-2-3-5-14(13)19-15/h2-5,10,12,19H,6-9H2,1H3,(H,18,20,21). The van der Waals surface area contributed by atoms with Crippen molar-refractivity contribution in [2.45, 2.75) is 25.7 Å². The molecule has 1 aliphatic heterocycles. The van der Waals surface area contributed by atoms with E-state index in [0.717, 1.165) is 48.5 Å². The van der Waals surface area contributed by atoms with E-state index in [9.17, 15) is 4.79 Å². The Bertz CT molecular complexity index is 808. The first kappa shape index (κ1) is 14.0. The Labute approximate surface area is 133 Å². The molecule has 1 amide bonds. The van der Waals surface area contributed by atoms with E-state index in [1.807, 2.05) is 42.2 Å². The third-order valence-electron chi connectivity index (χ3n) is 4.52. The summed E-state index contributed by atoms with van der Waals surface area (Å²) in [6.45, 7) is 3.39. The Morgan fingerprint density at radius 2 is 2.04 bits per heavy atom. The average molecular weight is 309 g/mol. The van der Waals surface area contributed by atoms with Crippen LogP contribution in [0.2, 0.25) is 0 Å². The number of carbonyl (C=O) groups is 1. The largest absolute Gasteiger partial charge is 0.351 e. The van der Waals surface area contributed by atoms with Crippen LogP contribution in [0.5, 0.6) is 0 Å². The first-order valence-electron chi connectivity index (χ1n) is 7.96. The van der Waals surface area contributed by atoms with Crippen molar-refractivity contribution in [3.8, 4) is 0 Å². The summed E-state index contributed by atoms with van der Waals surface area (Å²) < 4.78 is 0. The van der Waals surface area contributed by atoms with Gasteiger partial charge in [0.25, 0.3) is 5.91 Å². The van der Waals surface area contributed by atoms with E-state index in [1.165, 1.54) is 0 Å². The highest BCUT2D eigenvalue weighted by atomic mass is 16.2. The minimum absolute atomic E-state index is 0.0748. The summed E-state index contributed by atoms with van der Waals surface area (Å²) in [5.41, 5.74) is 1.67. The molecule has 1 aliphatic rings. The van der Waals surface area contributed by atoms with E-state index in [-0.39, 0.29) is 5.91 Å². The van der Waals surface area contributed by atoms with E-state index in [0.29, 0.717) is 11.6 Å². The van der Waals surface area contributed by atoms with E-state index in [4.69, 9.17) is 0 Å². The molecule has 2 N–H and O–H groups in total. The normalized spacial score (nSPS) is 16.1. The Hall–Kier alpha value is -2.63. The first-order chi connectivity index (χ1) is 11.2. The molecule has 0 atom stereocenters. The molecule has 0 aliphatic carbocycles. The van der Waals surface area contributed by atoms with Gasteiger partial charge < -0.3 is 9.88 Å². The fraction of sp³-hybridized carbons (Fsp3) is 0.353. The van der Waals surface area contributed by atoms with E-state index in [1.54, 1.807) is 0 Å². The summed E-state index contributed by atoms with van der Waals surface area (Å²) in [4.78, 5) is 22.2. The maximum atomic E-state index is 12.7. The van der Waals surface area contributed by atoms with Gasteiger partial charge in [-0.1, -0.05) is 18.2 Å². The molecule has 1 aromatic carbocycles. The zero-order valence-corrected chi connectivity index (χ0v) is 13.0. The summed E-state index contributed by atoms with van der Waals surface area (Å²) in [7, 11) is 0. The molecule has 4 rings (SSSR count). The summed E-state index contributed by atoms with van der Waals surface area (Å²) in [6, 6.07) is 9.89. The van der Waals surface area contributed by atoms with Gasteiger partial charge in [-0.15, -0.1) is 0 Å². The van der Waals surface area contributed by atoms with Crippen LogP contribution in [0.25, 0.3) is 10.9 Å². The number of fused-ring (bicyclic) bond motifs is 1. The number of likely N-dealkylation sites (tertiary alicyclic amines) is 1. The van der Waals surface area contributed by atoms with Crippen LogP contribution >= 0.6 is 0 Å². The van der Waals surface area contributed by atoms with Crippen LogP contribution < -0.4 is 0 Å². The number of piperidine rings is 1. The Morgan fingerprint density at radius 3 is 2.74 bits per heavy atom. The van der Waals surface area contributed by atoms with Gasteiger partial charge >= 0.3 is 0 Å². The molecule has 6 nitrogen and oxygen atoms in total. The predicted octanol–water partition coefficient (Wildman–Crippen LogP) is 2.61. The Morgan fingerprint density at radius 1 is 1.26 bits per heavy atom. The minimum atomic E-state index is 0.0748. The second kappa shape index (κ2) is 5.53. The molecule has 1 fully saturated rings. The van der Waals surface area contributed by atoms with Crippen LogP contribution in [0.15, 0.2) is 30.3 Å². The third-order valence-corrected chi connectivity index (χ3v) is 4.52. The highest BCUT2D eigenvalue weighted by Gasteiger charge is 2.27. The molecule has 6 heteroatoms. The summed E-state index contributed by atoms with van der Waals surface area (Å²) in [5.74, 6) is 2.13. The molecular weight excluding hydrogens is 290 g/mol. The minimum Gasteiger partial charge on any atom is -0.351 e. The van der Waals surface area contributed by atoms with Gasteiger partial charge in [0.15, 0.2) is 5.82 Å². The zero-order valence-electron chi connectivity index (χ0n) is 13.0. The average Bonchev–Trinajstić information content (AvgIpc) is 3.20. The molecule has 23 heavy (non-hydrogen) atoms. The summed E-state index contributed by atoms with van der Waals surface area (Å²) in [5, 5.41) is 8.22. The molecule has 0 bridgehead atoms. The molecular formula is C17H19N5O. The lowest BCUT2D eigenvalue weighted by Crippen LogP contribution is -2.38. The summed E-state index contributed by atoms with van der Waals surface area (Å²) in [6.07, 6.45) is 1.81. The smallest absolute Gasteiger partial charge is 0.270 e. The van der Waals surface area contributed by atoms with Gasteiger partial charge in [-0.25, -0.2) is 4.98 Å². The predicted molar refractivity (Wildman–Crippen MR) is 87.3 cm³/mol. The lowest BCUT2D eigenvalue weighted by Gasteiger charge is -2.30. The molecule has 0 saturated carbocycles. The number of H-pyrrole nitrogens is 2. The monoisotopic (exact) mass is 309 g/mol. The zero-order chi connectivity index (χ0) is 15.8. The van der Waals surface area contributed by atoms with Crippen molar-refractivity contribution >= 4 is 16.8 Å². The number of aromatic amines is 2. The number of amides is 1. The fourth-order valence-electron chi connectivity index (χ4n) is 3.24. The van der Waals surface area contributed by atoms with Gasteiger partial charge in [0.05, 0.1) is 0 Å². The molecule has 1 saturated heterocycles. The molecule has 3 heterocycles. The van der Waals surface area contributed by atoms with Crippen LogP contribution in [0.3, 0.4) is 0 Å². The van der Waals surface area contributed by atoms with Crippen molar-refractivity contribution in [1.82, 2.24) is 25.1 Å². The maximum Gasteiger partial charge on any atom is 0.270 e. The number of aromatic nitrogens is 4. The molecule has 2 aromatic heterocycles. The number of rotatable bonds is 2. The van der Waals surface area contributed by atoms with Crippen LogP contribution in [-0.4, -0.2) is 44.1 Å². The van der Waals surface area contributed by atoms with Crippen LogP contribution in [-0.2, 0) is 0 Å². The number of benzene rings is 1. The van der Waals surface area contributed by atoms with Crippen molar-refractivity contribution in [2.24, 2.45) is 0 Å². The van der Waals surface area contributed by atoms with Crippen LogP contribution in [0, 0.1) is 6.92 Å². The molecule has 0 unspecified atom stereocenters. The van der Waals surface area contributed by atoms with Crippen molar-refractivity contribution < 1.29 is 4.79 Å². The van der Waals surface area contributed by atoms with Crippen molar-refractivity contribution in [1.29, 1.82) is 0 Å². The number of nitrogens with one attached hydrogen (secondary N) is 2. The van der Waals surface area contributed by atoms with E-state index >= 15 is 0 Å². The quantitative estimate of drug-likeness (QED) is 0.764. The number of hydrogen-bond donors (Lipinski definition) is 2. The Kier molecular flexibility index (Phi) is 3.37. The lowest BCUT2D eigenvalue weighted by atomic mass is 9.96. The van der Waals surface area contributed by atoms with Gasteiger partial charge in [-0.05, 0) is 31.9 Å². The van der Waals surface area contributed by atoms with Crippen molar-refractivity contribution in [3.05, 3.63) is 47.7 Å². The number of aryl methyl sites for hydroxylation is 1. The highest BCUT2D eigenvalue weighted by Crippen LogP contribution is 2.26. The van der Waals surface area contributed by atoms with Crippen molar-refractivity contribution in [2.75, 3.05) is 13.1 Å². The third kappa shape index (κ3) is 2.60.